The standard InChI is InChI=1S/C11H11BrN4O/c12-9-4-2-1-3-8(9)6-17-11-5-10(16-13)14-7-15-11/h1-5,7H,6,13H2,(H,14,15,16). The number of nitrogen functional groups attached to an aromatic ring is 1. The Balaban J connectivity index is 2.05. The van der Waals surface area contributed by atoms with Crippen molar-refractivity contribution in [2.45, 2.75) is 6.61 Å². The van der Waals surface area contributed by atoms with Gasteiger partial charge in [-0.15, -0.1) is 0 Å². The number of benzene rings is 1. The van der Waals surface area contributed by atoms with Crippen LogP contribution in [-0.4, -0.2) is 9.97 Å². The lowest BCUT2D eigenvalue weighted by Crippen LogP contribution is -2.09. The van der Waals surface area contributed by atoms with Gasteiger partial charge in [0.2, 0.25) is 5.88 Å². The van der Waals surface area contributed by atoms with Crippen LogP contribution < -0.4 is 16.0 Å². The highest BCUT2D eigenvalue weighted by Gasteiger charge is 2.02. The molecule has 17 heavy (non-hydrogen) atoms. The van der Waals surface area contributed by atoms with E-state index in [9.17, 15) is 0 Å². The quantitative estimate of drug-likeness (QED) is 0.667. The average molecular weight is 295 g/mol. The second kappa shape index (κ2) is 5.60. The molecule has 0 amide bonds. The Hall–Kier alpha value is -1.66. The fraction of sp³-hybridized carbons (Fsp3) is 0.0909. The summed E-state index contributed by atoms with van der Waals surface area (Å²) in [4.78, 5) is 7.88. The summed E-state index contributed by atoms with van der Waals surface area (Å²) in [5.74, 6) is 6.24. The zero-order chi connectivity index (χ0) is 12.1. The van der Waals surface area contributed by atoms with Crippen LogP contribution in [0.15, 0.2) is 41.1 Å². The molecule has 0 radical (unpaired) electrons. The van der Waals surface area contributed by atoms with Crippen LogP contribution in [0.5, 0.6) is 5.88 Å². The molecule has 0 aliphatic rings. The van der Waals surface area contributed by atoms with Gasteiger partial charge in [-0.25, -0.2) is 15.8 Å². The highest BCUT2D eigenvalue weighted by atomic mass is 79.9. The first-order chi connectivity index (χ1) is 8.29. The average Bonchev–Trinajstić information content (AvgIpc) is 2.38. The van der Waals surface area contributed by atoms with Gasteiger partial charge >= 0.3 is 0 Å². The lowest BCUT2D eigenvalue weighted by atomic mass is 10.2. The number of rotatable bonds is 4. The van der Waals surface area contributed by atoms with E-state index in [0.717, 1.165) is 10.0 Å². The number of halogens is 1. The van der Waals surface area contributed by atoms with Gasteiger partial charge in [-0.1, -0.05) is 34.1 Å². The van der Waals surface area contributed by atoms with Gasteiger partial charge in [0.1, 0.15) is 18.8 Å². The van der Waals surface area contributed by atoms with Crippen molar-refractivity contribution in [1.29, 1.82) is 0 Å². The first-order valence-electron chi connectivity index (χ1n) is 4.94. The Labute approximate surface area is 107 Å². The summed E-state index contributed by atoms with van der Waals surface area (Å²) in [5.41, 5.74) is 3.49. The molecular weight excluding hydrogens is 284 g/mol. The van der Waals surface area contributed by atoms with Crippen molar-refractivity contribution in [1.82, 2.24) is 9.97 Å². The third-order valence-electron chi connectivity index (χ3n) is 2.12. The predicted octanol–water partition coefficient (Wildman–Crippen LogP) is 2.10. The molecule has 0 saturated carbocycles. The maximum atomic E-state index is 5.54. The number of hydrogen-bond donors (Lipinski definition) is 2. The van der Waals surface area contributed by atoms with E-state index in [4.69, 9.17) is 10.6 Å². The third-order valence-corrected chi connectivity index (χ3v) is 2.90. The molecule has 0 aliphatic carbocycles. The number of anilines is 1. The lowest BCUT2D eigenvalue weighted by Gasteiger charge is -2.07. The topological polar surface area (TPSA) is 73.1 Å². The molecule has 0 spiro atoms. The van der Waals surface area contributed by atoms with Crippen LogP contribution in [0, 0.1) is 0 Å². The number of nitrogens with two attached hydrogens (primary N) is 1. The Morgan fingerprint density at radius 1 is 1.29 bits per heavy atom. The Morgan fingerprint density at radius 3 is 2.88 bits per heavy atom. The minimum Gasteiger partial charge on any atom is -0.473 e. The smallest absolute Gasteiger partial charge is 0.218 e. The van der Waals surface area contributed by atoms with E-state index in [1.807, 2.05) is 24.3 Å². The van der Waals surface area contributed by atoms with Crippen molar-refractivity contribution < 1.29 is 4.74 Å². The van der Waals surface area contributed by atoms with Crippen molar-refractivity contribution in [2.75, 3.05) is 5.43 Å². The first kappa shape index (κ1) is 11.8. The van der Waals surface area contributed by atoms with Crippen LogP contribution in [0.3, 0.4) is 0 Å². The molecule has 0 atom stereocenters. The number of aromatic nitrogens is 2. The van der Waals surface area contributed by atoms with E-state index < -0.39 is 0 Å². The fourth-order valence-corrected chi connectivity index (χ4v) is 1.66. The second-order valence-electron chi connectivity index (χ2n) is 3.27. The summed E-state index contributed by atoms with van der Waals surface area (Å²) in [6.45, 7) is 0.433. The van der Waals surface area contributed by atoms with Crippen molar-refractivity contribution in [3.63, 3.8) is 0 Å². The van der Waals surface area contributed by atoms with Crippen LogP contribution in [0.25, 0.3) is 0 Å². The zero-order valence-electron chi connectivity index (χ0n) is 8.93. The van der Waals surface area contributed by atoms with Crippen molar-refractivity contribution in [2.24, 2.45) is 5.84 Å². The number of ether oxygens (including phenoxy) is 1. The zero-order valence-corrected chi connectivity index (χ0v) is 10.5. The van der Waals surface area contributed by atoms with Crippen LogP contribution in [0.2, 0.25) is 0 Å². The van der Waals surface area contributed by atoms with Gasteiger partial charge in [-0.2, -0.15) is 0 Å². The molecule has 6 heteroatoms. The Bertz CT molecular complexity index is 506. The van der Waals surface area contributed by atoms with Crippen molar-refractivity contribution >= 4 is 21.7 Å². The van der Waals surface area contributed by atoms with Crippen molar-refractivity contribution in [3.8, 4) is 5.88 Å². The van der Waals surface area contributed by atoms with E-state index >= 15 is 0 Å². The normalized spacial score (nSPS) is 10.0. The third kappa shape index (κ3) is 3.15. The SMILES string of the molecule is NNc1cc(OCc2ccccc2Br)ncn1. The summed E-state index contributed by atoms with van der Waals surface area (Å²) in [6.07, 6.45) is 1.39. The molecule has 3 N–H and O–H groups in total. The Kier molecular flexibility index (Phi) is 3.89. The molecule has 1 heterocycles. The largest absolute Gasteiger partial charge is 0.473 e. The molecule has 5 nitrogen and oxygen atoms in total. The maximum absolute atomic E-state index is 5.54. The Morgan fingerprint density at radius 2 is 2.12 bits per heavy atom. The minimum atomic E-state index is 0.433. The van der Waals surface area contributed by atoms with E-state index in [1.54, 1.807) is 6.07 Å². The summed E-state index contributed by atoms with van der Waals surface area (Å²) in [6, 6.07) is 9.49. The highest BCUT2D eigenvalue weighted by Crippen LogP contribution is 2.18. The number of hydrogen-bond acceptors (Lipinski definition) is 5. The first-order valence-corrected chi connectivity index (χ1v) is 5.74. The van der Waals surface area contributed by atoms with Gasteiger partial charge in [0.05, 0.1) is 0 Å². The molecule has 0 unspecified atom stereocenters. The number of hydrazine groups is 1. The molecule has 2 rings (SSSR count). The molecule has 1 aromatic carbocycles. The molecule has 88 valence electrons. The summed E-state index contributed by atoms with van der Waals surface area (Å²) >= 11 is 3.45. The molecule has 0 saturated heterocycles. The van der Waals surface area contributed by atoms with Crippen LogP contribution in [0.4, 0.5) is 5.82 Å². The summed E-state index contributed by atoms with van der Waals surface area (Å²) < 4.78 is 6.54. The van der Waals surface area contributed by atoms with Gasteiger partial charge in [-0.3, -0.25) is 0 Å². The van der Waals surface area contributed by atoms with Crippen LogP contribution in [-0.2, 0) is 6.61 Å². The van der Waals surface area contributed by atoms with E-state index in [1.165, 1.54) is 6.33 Å². The monoisotopic (exact) mass is 294 g/mol. The van der Waals surface area contributed by atoms with E-state index in [0.29, 0.717) is 18.3 Å². The predicted molar refractivity (Wildman–Crippen MR) is 68.3 cm³/mol. The van der Waals surface area contributed by atoms with Gasteiger partial charge in [-0.05, 0) is 6.07 Å². The number of nitrogens with zero attached hydrogens (tertiary/aromatic N) is 2. The summed E-state index contributed by atoms with van der Waals surface area (Å²) in [7, 11) is 0. The molecule has 2 aromatic rings. The maximum Gasteiger partial charge on any atom is 0.218 e. The van der Waals surface area contributed by atoms with Gasteiger partial charge in [0.15, 0.2) is 0 Å². The molecule has 1 aromatic heterocycles. The summed E-state index contributed by atoms with van der Waals surface area (Å²) in [5, 5.41) is 0. The van der Waals surface area contributed by atoms with Crippen LogP contribution >= 0.6 is 15.9 Å². The minimum absolute atomic E-state index is 0.433. The highest BCUT2D eigenvalue weighted by molar-refractivity contribution is 9.10. The van der Waals surface area contributed by atoms with E-state index in [2.05, 4.69) is 31.3 Å². The van der Waals surface area contributed by atoms with E-state index in [-0.39, 0.29) is 0 Å². The molecule has 0 aliphatic heterocycles. The molecule has 0 fully saturated rings. The second-order valence-corrected chi connectivity index (χ2v) is 4.12. The van der Waals surface area contributed by atoms with Gasteiger partial charge in [0, 0.05) is 16.1 Å². The number of nitrogens with one attached hydrogen (secondary N) is 1. The van der Waals surface area contributed by atoms with Gasteiger partial charge < -0.3 is 10.2 Å². The lowest BCUT2D eigenvalue weighted by molar-refractivity contribution is 0.293. The van der Waals surface area contributed by atoms with Gasteiger partial charge in [0.25, 0.3) is 0 Å². The van der Waals surface area contributed by atoms with Crippen molar-refractivity contribution in [3.05, 3.63) is 46.7 Å². The molecule has 0 bridgehead atoms. The van der Waals surface area contributed by atoms with Crippen LogP contribution in [0.1, 0.15) is 5.56 Å². The fourth-order valence-electron chi connectivity index (χ4n) is 1.26. The molecular formula is C11H11BrN4O.